The third-order valence-corrected chi connectivity index (χ3v) is 4.56. The zero-order chi connectivity index (χ0) is 17.1. The van der Waals surface area contributed by atoms with E-state index in [4.69, 9.17) is 28.9 Å². The number of hydrogen-bond acceptors (Lipinski definition) is 4. The lowest BCUT2D eigenvalue weighted by Crippen LogP contribution is -2.17. The molecule has 0 unspecified atom stereocenters. The maximum Gasteiger partial charge on any atom is 0.326 e. The molecule has 0 fully saturated rings. The molecule has 2 heterocycles. The van der Waals surface area contributed by atoms with E-state index in [-0.39, 0.29) is 5.69 Å². The number of aromatic nitrogens is 3. The van der Waals surface area contributed by atoms with Crippen LogP contribution in [0.5, 0.6) is 0 Å². The number of nitrogens with one attached hydrogen (secondary N) is 2. The Bertz CT molecular complexity index is 918. The summed E-state index contributed by atoms with van der Waals surface area (Å²) in [4.78, 5) is 19.4. The number of hydrogen-bond donors (Lipinski definition) is 3. The monoisotopic (exact) mass is 365 g/mol. The van der Waals surface area contributed by atoms with Crippen LogP contribution in [0.2, 0.25) is 10.0 Å². The minimum absolute atomic E-state index is 0.220. The van der Waals surface area contributed by atoms with Gasteiger partial charge < -0.3 is 16.0 Å². The maximum atomic E-state index is 12.3. The number of pyridine rings is 1. The maximum absolute atomic E-state index is 12.3. The number of halogens is 2. The third-order valence-electron chi connectivity index (χ3n) is 3.71. The molecule has 0 saturated carbocycles. The molecule has 3 rings (SSSR count). The minimum atomic E-state index is -0.220. The van der Waals surface area contributed by atoms with Crippen molar-refractivity contribution in [3.63, 3.8) is 0 Å². The average Bonchev–Trinajstić information content (AvgIpc) is 2.87. The molecule has 0 amide bonds. The highest BCUT2D eigenvalue weighted by Gasteiger charge is 2.11. The molecule has 126 valence electrons. The van der Waals surface area contributed by atoms with Gasteiger partial charge in [0, 0.05) is 12.6 Å². The van der Waals surface area contributed by atoms with Crippen molar-refractivity contribution in [3.8, 4) is 0 Å². The van der Waals surface area contributed by atoms with Crippen LogP contribution in [-0.2, 0) is 6.54 Å². The summed E-state index contributed by atoms with van der Waals surface area (Å²) < 4.78 is 1.61. The molecule has 0 atom stereocenters. The molecule has 0 aliphatic carbocycles. The second kappa shape index (κ2) is 7.25. The summed E-state index contributed by atoms with van der Waals surface area (Å²) in [6.45, 7) is 1.66. The molecule has 24 heavy (non-hydrogen) atoms. The number of rotatable bonds is 6. The Morgan fingerprint density at radius 3 is 2.96 bits per heavy atom. The Balaban J connectivity index is 1.97. The molecule has 0 aliphatic rings. The fourth-order valence-corrected chi connectivity index (χ4v) is 2.85. The summed E-state index contributed by atoms with van der Waals surface area (Å²) in [5.41, 5.74) is 7.47. The van der Waals surface area contributed by atoms with Gasteiger partial charge in [-0.2, -0.15) is 0 Å². The van der Waals surface area contributed by atoms with Gasteiger partial charge in [-0.15, -0.1) is 0 Å². The van der Waals surface area contributed by atoms with Crippen LogP contribution in [0.3, 0.4) is 0 Å². The topological polar surface area (TPSA) is 88.7 Å². The molecule has 2 aromatic heterocycles. The largest absolute Gasteiger partial charge is 0.370 e. The van der Waals surface area contributed by atoms with E-state index >= 15 is 0 Å². The lowest BCUT2D eigenvalue weighted by Gasteiger charge is -2.08. The van der Waals surface area contributed by atoms with Crippen LogP contribution in [0.4, 0.5) is 5.82 Å². The van der Waals surface area contributed by atoms with Gasteiger partial charge >= 0.3 is 5.69 Å². The predicted molar refractivity (Wildman–Crippen MR) is 98.1 cm³/mol. The van der Waals surface area contributed by atoms with Crippen molar-refractivity contribution in [2.45, 2.75) is 13.0 Å². The second-order valence-electron chi connectivity index (χ2n) is 5.38. The van der Waals surface area contributed by atoms with E-state index in [1.54, 1.807) is 16.8 Å². The minimum Gasteiger partial charge on any atom is -0.370 e. The zero-order valence-electron chi connectivity index (χ0n) is 12.9. The summed E-state index contributed by atoms with van der Waals surface area (Å²) in [6, 6.07) is 7.21. The van der Waals surface area contributed by atoms with Crippen molar-refractivity contribution in [3.05, 3.63) is 56.6 Å². The van der Waals surface area contributed by atoms with E-state index < -0.39 is 0 Å². The summed E-state index contributed by atoms with van der Waals surface area (Å²) >= 11 is 12.3. The van der Waals surface area contributed by atoms with Gasteiger partial charge in [0.15, 0.2) is 0 Å². The predicted octanol–water partition coefficient (Wildman–Crippen LogP) is 2.84. The number of H-pyrrole nitrogens is 1. The zero-order valence-corrected chi connectivity index (χ0v) is 14.4. The quantitative estimate of drug-likeness (QED) is 0.586. The van der Waals surface area contributed by atoms with E-state index in [0.717, 1.165) is 24.0 Å². The van der Waals surface area contributed by atoms with Gasteiger partial charge in [0.2, 0.25) is 0 Å². The summed E-state index contributed by atoms with van der Waals surface area (Å²) in [7, 11) is 0. The number of fused-ring (bicyclic) bond motifs is 1. The molecule has 0 radical (unpaired) electrons. The number of nitrogens with zero attached hydrogens (tertiary/aromatic N) is 2. The van der Waals surface area contributed by atoms with Crippen LogP contribution in [0.25, 0.3) is 11.0 Å². The molecule has 0 bridgehead atoms. The van der Waals surface area contributed by atoms with E-state index in [1.807, 2.05) is 18.2 Å². The van der Waals surface area contributed by atoms with Crippen molar-refractivity contribution in [1.82, 2.24) is 14.5 Å². The van der Waals surface area contributed by atoms with Crippen LogP contribution >= 0.6 is 23.2 Å². The molecular formula is C16H17Cl2N5O. The van der Waals surface area contributed by atoms with Crippen LogP contribution in [0, 0.1) is 0 Å². The smallest absolute Gasteiger partial charge is 0.326 e. The second-order valence-corrected chi connectivity index (χ2v) is 6.17. The van der Waals surface area contributed by atoms with Crippen LogP contribution < -0.4 is 16.7 Å². The van der Waals surface area contributed by atoms with E-state index in [2.05, 4.69) is 15.3 Å². The van der Waals surface area contributed by atoms with Crippen molar-refractivity contribution in [1.29, 1.82) is 0 Å². The van der Waals surface area contributed by atoms with Crippen molar-refractivity contribution in [2.75, 3.05) is 18.4 Å². The Morgan fingerprint density at radius 1 is 1.33 bits per heavy atom. The molecule has 0 spiro atoms. The first-order valence-electron chi connectivity index (χ1n) is 7.55. The van der Waals surface area contributed by atoms with Crippen molar-refractivity contribution < 1.29 is 0 Å². The van der Waals surface area contributed by atoms with Crippen molar-refractivity contribution in [2.24, 2.45) is 5.73 Å². The first-order chi connectivity index (χ1) is 11.6. The van der Waals surface area contributed by atoms with Crippen LogP contribution in [0.15, 0.2) is 35.3 Å². The SMILES string of the molecule is NCCCNc1cc2c(cn1)[nH]c(=O)n2Cc1cccc(Cl)c1Cl. The van der Waals surface area contributed by atoms with Gasteiger partial charge in [0.05, 0.1) is 33.8 Å². The normalized spacial score (nSPS) is 11.1. The molecule has 4 N–H and O–H groups in total. The standard InChI is InChI=1S/C16H17Cl2N5O/c17-11-4-1-3-10(15(11)18)9-23-13-7-14(20-6-2-5-19)21-8-12(13)22-16(23)24/h1,3-4,7-8H,2,5-6,9,19H2,(H,20,21)(H,22,24). The molecule has 3 aromatic rings. The molecule has 8 heteroatoms. The number of imidazole rings is 1. The molecule has 0 saturated heterocycles. The van der Waals surface area contributed by atoms with Gasteiger partial charge in [0.1, 0.15) is 5.82 Å². The highest BCUT2D eigenvalue weighted by molar-refractivity contribution is 6.42. The number of anilines is 1. The Labute approximate surface area is 148 Å². The Kier molecular flexibility index (Phi) is 5.08. The van der Waals surface area contributed by atoms with Crippen LogP contribution in [-0.4, -0.2) is 27.6 Å². The molecular weight excluding hydrogens is 349 g/mol. The van der Waals surface area contributed by atoms with Gasteiger partial charge in [-0.1, -0.05) is 35.3 Å². The number of benzene rings is 1. The number of nitrogens with two attached hydrogens (primary N) is 1. The van der Waals surface area contributed by atoms with E-state index in [9.17, 15) is 4.79 Å². The third kappa shape index (κ3) is 3.40. The fraction of sp³-hybridized carbons (Fsp3) is 0.250. The lowest BCUT2D eigenvalue weighted by molar-refractivity contribution is 0.787. The highest BCUT2D eigenvalue weighted by atomic mass is 35.5. The Morgan fingerprint density at radius 2 is 2.17 bits per heavy atom. The van der Waals surface area contributed by atoms with E-state index in [0.29, 0.717) is 34.5 Å². The molecule has 1 aromatic carbocycles. The molecule has 6 nitrogen and oxygen atoms in total. The van der Waals surface area contributed by atoms with Crippen molar-refractivity contribution >= 4 is 40.1 Å². The van der Waals surface area contributed by atoms with Gasteiger partial charge in [-0.25, -0.2) is 9.78 Å². The average molecular weight is 366 g/mol. The van der Waals surface area contributed by atoms with Gasteiger partial charge in [-0.05, 0) is 24.6 Å². The molecule has 0 aliphatic heterocycles. The summed E-state index contributed by atoms with van der Waals surface area (Å²) in [5, 5.41) is 4.11. The first kappa shape index (κ1) is 16.8. The highest BCUT2D eigenvalue weighted by Crippen LogP contribution is 2.26. The Hall–Kier alpha value is -2.02. The van der Waals surface area contributed by atoms with Crippen LogP contribution in [0.1, 0.15) is 12.0 Å². The summed E-state index contributed by atoms with van der Waals surface area (Å²) in [5.74, 6) is 0.695. The lowest BCUT2D eigenvalue weighted by atomic mass is 10.2. The summed E-state index contributed by atoms with van der Waals surface area (Å²) in [6.07, 6.45) is 2.48. The van der Waals surface area contributed by atoms with Gasteiger partial charge in [-0.3, -0.25) is 4.57 Å². The first-order valence-corrected chi connectivity index (χ1v) is 8.31. The number of aromatic amines is 1. The van der Waals surface area contributed by atoms with E-state index in [1.165, 1.54) is 0 Å². The van der Waals surface area contributed by atoms with Gasteiger partial charge in [0.25, 0.3) is 0 Å². The fourth-order valence-electron chi connectivity index (χ4n) is 2.47.